The van der Waals surface area contributed by atoms with Crippen molar-refractivity contribution in [3.8, 4) is 0 Å². The molecule has 0 unspecified atom stereocenters. The van der Waals surface area contributed by atoms with Gasteiger partial charge in [-0.05, 0) is 20.3 Å². The van der Waals surface area contributed by atoms with E-state index in [1.54, 1.807) is 13.8 Å². The second-order valence-electron chi connectivity index (χ2n) is 5.28. The molecular formula is C15H20N4O6. The molecule has 0 spiro atoms. The van der Waals surface area contributed by atoms with Gasteiger partial charge >= 0.3 is 12.2 Å². The van der Waals surface area contributed by atoms with Gasteiger partial charge in [0.2, 0.25) is 17.8 Å². The zero-order chi connectivity index (χ0) is 18.8. The summed E-state index contributed by atoms with van der Waals surface area (Å²) in [5, 5.41) is 2.46. The molecule has 25 heavy (non-hydrogen) atoms. The number of amides is 1. The maximum absolute atomic E-state index is 12.3. The number of ketones is 1. The van der Waals surface area contributed by atoms with Crippen LogP contribution in [0.4, 0.5) is 0 Å². The summed E-state index contributed by atoms with van der Waals surface area (Å²) >= 11 is 0. The summed E-state index contributed by atoms with van der Waals surface area (Å²) in [6.07, 6.45) is 1.64. The first kappa shape index (κ1) is 20.2. The van der Waals surface area contributed by atoms with Gasteiger partial charge in [-0.1, -0.05) is 0 Å². The molecule has 0 aliphatic carbocycles. The van der Waals surface area contributed by atoms with Gasteiger partial charge in [0.25, 0.3) is 5.91 Å². The van der Waals surface area contributed by atoms with Crippen molar-refractivity contribution in [2.45, 2.75) is 44.9 Å². The van der Waals surface area contributed by atoms with E-state index >= 15 is 0 Å². The minimum atomic E-state index is -1.15. The number of oxazole rings is 1. The standard InChI is InChI=1S/C15H20N4O6/c1-9(2)25-15(22)11(5-4-10(20)8-18-16)19-13(21)12(23-3)14-17-6-7-24-14/h6-9,11-12H,4-5H2,1-3H3,(H,19,21)/t11-,12+/m0/s1. The maximum atomic E-state index is 12.3. The smallest absolute Gasteiger partial charge is 0.328 e. The molecule has 1 heterocycles. The molecule has 10 nitrogen and oxygen atoms in total. The van der Waals surface area contributed by atoms with E-state index in [-0.39, 0.29) is 18.7 Å². The predicted octanol–water partition coefficient (Wildman–Crippen LogP) is 0.448. The van der Waals surface area contributed by atoms with Gasteiger partial charge in [0, 0.05) is 13.5 Å². The summed E-state index contributed by atoms with van der Waals surface area (Å²) in [4.78, 5) is 42.4. The minimum absolute atomic E-state index is 0.0273. The number of methoxy groups -OCH3 is 1. The van der Waals surface area contributed by atoms with Gasteiger partial charge in [0.1, 0.15) is 12.3 Å². The number of carbonyl (C=O) groups is 3. The van der Waals surface area contributed by atoms with Crippen LogP contribution >= 0.6 is 0 Å². The van der Waals surface area contributed by atoms with Crippen LogP contribution in [-0.2, 0) is 23.9 Å². The molecule has 1 amide bonds. The second kappa shape index (κ2) is 10.1. The average Bonchev–Trinajstić information content (AvgIpc) is 3.05. The summed E-state index contributed by atoms with van der Waals surface area (Å²) in [6, 6.07) is -1.08. The van der Waals surface area contributed by atoms with Crippen LogP contribution in [0.3, 0.4) is 0 Å². The summed E-state index contributed by atoms with van der Waals surface area (Å²) in [6.45, 7) is 3.32. The third-order valence-electron chi connectivity index (χ3n) is 2.98. The zero-order valence-corrected chi connectivity index (χ0v) is 14.2. The first-order chi connectivity index (χ1) is 11.9. The topological polar surface area (TPSA) is 144 Å². The number of carbonyl (C=O) groups excluding carboxylic acids is 3. The molecule has 1 aromatic heterocycles. The molecule has 0 aliphatic heterocycles. The molecule has 2 atom stereocenters. The molecule has 0 fully saturated rings. The van der Waals surface area contributed by atoms with E-state index in [1.807, 2.05) is 0 Å². The number of nitrogens with one attached hydrogen (secondary N) is 1. The molecule has 0 radical (unpaired) electrons. The van der Waals surface area contributed by atoms with Gasteiger partial charge in [-0.3, -0.25) is 9.59 Å². The van der Waals surface area contributed by atoms with Crippen molar-refractivity contribution in [1.82, 2.24) is 10.3 Å². The second-order valence-corrected chi connectivity index (χ2v) is 5.28. The van der Waals surface area contributed by atoms with Crippen LogP contribution in [0.1, 0.15) is 38.7 Å². The van der Waals surface area contributed by atoms with Gasteiger partial charge < -0.3 is 24.7 Å². The van der Waals surface area contributed by atoms with Crippen LogP contribution in [0.15, 0.2) is 16.9 Å². The van der Waals surface area contributed by atoms with Crippen molar-refractivity contribution >= 4 is 23.9 Å². The Morgan fingerprint density at radius 3 is 2.68 bits per heavy atom. The fourth-order valence-corrected chi connectivity index (χ4v) is 1.91. The molecule has 0 aliphatic rings. The highest BCUT2D eigenvalue weighted by molar-refractivity contribution is 6.25. The van der Waals surface area contributed by atoms with E-state index in [0.717, 1.165) is 6.21 Å². The SMILES string of the molecule is CO[C@H](C(=O)N[C@@H](CCC(=O)C=[N+]=[N-])C(=O)OC(C)C)c1ncco1. The van der Waals surface area contributed by atoms with Crippen molar-refractivity contribution in [3.05, 3.63) is 23.9 Å². The first-order valence-corrected chi connectivity index (χ1v) is 7.52. The number of hydrogen-bond donors (Lipinski definition) is 1. The maximum Gasteiger partial charge on any atom is 0.328 e. The Hall–Kier alpha value is -2.84. The van der Waals surface area contributed by atoms with Crippen molar-refractivity contribution in [2.75, 3.05) is 7.11 Å². The zero-order valence-electron chi connectivity index (χ0n) is 14.2. The number of nitrogens with zero attached hydrogens (tertiary/aromatic N) is 3. The van der Waals surface area contributed by atoms with Gasteiger partial charge in [0.15, 0.2) is 0 Å². The van der Waals surface area contributed by atoms with Gasteiger partial charge in [0.05, 0.1) is 12.3 Å². The molecule has 10 heteroatoms. The summed E-state index contributed by atoms with van der Waals surface area (Å²) in [7, 11) is 1.29. The van der Waals surface area contributed by atoms with Crippen LogP contribution in [0, 0.1) is 0 Å². The molecule has 0 saturated carbocycles. The van der Waals surface area contributed by atoms with Crippen LogP contribution in [0.5, 0.6) is 0 Å². The monoisotopic (exact) mass is 352 g/mol. The Morgan fingerprint density at radius 2 is 2.16 bits per heavy atom. The number of ether oxygens (including phenoxy) is 2. The lowest BCUT2D eigenvalue weighted by Gasteiger charge is -2.20. The quantitative estimate of drug-likeness (QED) is 0.278. The lowest BCUT2D eigenvalue weighted by atomic mass is 10.1. The van der Waals surface area contributed by atoms with Crippen LogP contribution in [-0.4, -0.2) is 52.9 Å². The van der Waals surface area contributed by atoms with E-state index in [4.69, 9.17) is 19.4 Å². The third-order valence-corrected chi connectivity index (χ3v) is 2.98. The predicted molar refractivity (Wildman–Crippen MR) is 83.3 cm³/mol. The lowest BCUT2D eigenvalue weighted by Crippen LogP contribution is -2.45. The summed E-state index contributed by atoms with van der Waals surface area (Å²) < 4.78 is 15.2. The van der Waals surface area contributed by atoms with E-state index in [9.17, 15) is 14.4 Å². The Bertz CT molecular complexity index is 636. The number of hydrogen-bond acceptors (Lipinski definition) is 7. The van der Waals surface area contributed by atoms with Gasteiger partial charge in [-0.15, -0.1) is 0 Å². The van der Waals surface area contributed by atoms with Gasteiger partial charge in [-0.2, -0.15) is 4.79 Å². The number of aromatic nitrogens is 1. The highest BCUT2D eigenvalue weighted by atomic mass is 16.5. The Morgan fingerprint density at radius 1 is 1.44 bits per heavy atom. The number of rotatable bonds is 10. The largest absolute Gasteiger partial charge is 0.461 e. The average molecular weight is 352 g/mol. The molecule has 136 valence electrons. The highest BCUT2D eigenvalue weighted by Crippen LogP contribution is 2.15. The lowest BCUT2D eigenvalue weighted by molar-refractivity contribution is -0.153. The molecule has 1 aromatic rings. The molecular weight excluding hydrogens is 332 g/mol. The Labute approximate surface area is 144 Å². The van der Waals surface area contributed by atoms with Crippen molar-refractivity contribution in [3.63, 3.8) is 0 Å². The minimum Gasteiger partial charge on any atom is -0.461 e. The van der Waals surface area contributed by atoms with E-state index in [1.165, 1.54) is 19.6 Å². The number of Topliss-reactive ketones (excluding diaryl/α,β-unsaturated/α-hetero) is 1. The van der Waals surface area contributed by atoms with Crippen LogP contribution < -0.4 is 5.32 Å². The van der Waals surface area contributed by atoms with E-state index < -0.39 is 35.9 Å². The summed E-state index contributed by atoms with van der Waals surface area (Å²) in [5.41, 5.74) is 8.34. The fourth-order valence-electron chi connectivity index (χ4n) is 1.91. The van der Waals surface area contributed by atoms with E-state index in [0.29, 0.717) is 0 Å². The molecule has 0 aromatic carbocycles. The normalized spacial score (nSPS) is 12.8. The molecule has 0 bridgehead atoms. The molecule has 1 rings (SSSR count). The van der Waals surface area contributed by atoms with Crippen molar-refractivity contribution in [2.24, 2.45) is 0 Å². The van der Waals surface area contributed by atoms with Crippen molar-refractivity contribution in [1.29, 1.82) is 0 Å². The fraction of sp³-hybridized carbons (Fsp3) is 0.533. The third kappa shape index (κ3) is 6.66. The highest BCUT2D eigenvalue weighted by Gasteiger charge is 2.30. The summed E-state index contributed by atoms with van der Waals surface area (Å²) in [5.74, 6) is -1.84. The first-order valence-electron chi connectivity index (χ1n) is 7.52. The molecule has 1 N–H and O–H groups in total. The molecule has 0 saturated heterocycles. The van der Waals surface area contributed by atoms with Crippen LogP contribution in [0.2, 0.25) is 0 Å². The van der Waals surface area contributed by atoms with Crippen molar-refractivity contribution < 1.29 is 33.1 Å². The van der Waals surface area contributed by atoms with Crippen LogP contribution in [0.25, 0.3) is 5.53 Å². The Kier molecular flexibility index (Phi) is 8.17. The number of esters is 1. The van der Waals surface area contributed by atoms with E-state index in [2.05, 4.69) is 15.1 Å². The Balaban J connectivity index is 2.83. The van der Waals surface area contributed by atoms with Gasteiger partial charge in [-0.25, -0.2) is 9.78 Å².